The van der Waals surface area contributed by atoms with Gasteiger partial charge < -0.3 is 9.84 Å². The molecule has 0 saturated carbocycles. The van der Waals surface area contributed by atoms with Gasteiger partial charge in [0.15, 0.2) is 0 Å². The van der Waals surface area contributed by atoms with Crippen LogP contribution in [0.4, 0.5) is 13.2 Å². The second-order valence-corrected chi connectivity index (χ2v) is 6.35. The first-order valence-corrected chi connectivity index (χ1v) is 8.16. The summed E-state index contributed by atoms with van der Waals surface area (Å²) in [4.78, 5) is 12.7. The molecule has 0 amide bonds. The monoisotopic (exact) mass is 365 g/mol. The fraction of sp³-hybridized carbons (Fsp3) is 0.316. The van der Waals surface area contributed by atoms with Crippen LogP contribution in [-0.4, -0.2) is 35.2 Å². The highest BCUT2D eigenvalue weighted by Crippen LogP contribution is 2.38. The molecule has 2 aromatic rings. The van der Waals surface area contributed by atoms with Crippen LogP contribution in [0.1, 0.15) is 5.56 Å². The zero-order valence-electron chi connectivity index (χ0n) is 13.8. The van der Waals surface area contributed by atoms with E-state index in [1.165, 1.54) is 4.90 Å². The Morgan fingerprint density at radius 2 is 1.77 bits per heavy atom. The van der Waals surface area contributed by atoms with Crippen molar-refractivity contribution in [2.45, 2.75) is 12.7 Å². The number of hydrogen-bond donors (Lipinski definition) is 1. The van der Waals surface area contributed by atoms with Crippen LogP contribution < -0.4 is 4.74 Å². The molecular formula is C19H18F3NO3. The summed E-state index contributed by atoms with van der Waals surface area (Å²) in [5.74, 6) is -3.44. The first-order valence-electron chi connectivity index (χ1n) is 8.16. The molecule has 1 saturated heterocycles. The molecule has 2 aromatic carbocycles. The van der Waals surface area contributed by atoms with Crippen molar-refractivity contribution >= 4 is 5.97 Å². The number of carboxylic acid groups (broad SMARTS) is 1. The number of halogens is 3. The molecule has 7 heteroatoms. The Balaban J connectivity index is 1.69. The molecule has 4 nitrogen and oxygen atoms in total. The average Bonchev–Trinajstić information content (AvgIpc) is 3.01. The number of aliphatic carboxylic acids is 1. The molecule has 0 aromatic heterocycles. The summed E-state index contributed by atoms with van der Waals surface area (Å²) in [6.45, 7) is -0.199. The predicted octanol–water partition coefficient (Wildman–Crippen LogP) is 4.17. The lowest BCUT2D eigenvalue weighted by Crippen LogP contribution is -2.33. The van der Waals surface area contributed by atoms with Crippen LogP contribution >= 0.6 is 0 Å². The van der Waals surface area contributed by atoms with Crippen LogP contribution in [-0.2, 0) is 11.3 Å². The zero-order chi connectivity index (χ0) is 18.7. The highest BCUT2D eigenvalue weighted by molar-refractivity contribution is 5.71. The van der Waals surface area contributed by atoms with Crippen LogP contribution in [0.15, 0.2) is 54.6 Å². The number of nitrogens with zero attached hydrogens (tertiary/aromatic N) is 1. The van der Waals surface area contributed by atoms with Crippen molar-refractivity contribution < 1.29 is 27.8 Å². The van der Waals surface area contributed by atoms with E-state index >= 15 is 0 Å². The van der Waals surface area contributed by atoms with Crippen LogP contribution in [0.5, 0.6) is 11.5 Å². The van der Waals surface area contributed by atoms with Gasteiger partial charge in [-0.25, -0.2) is 0 Å². The van der Waals surface area contributed by atoms with Gasteiger partial charge in [-0.15, -0.1) is 0 Å². The Bertz CT molecular complexity index is 764. The van der Waals surface area contributed by atoms with E-state index in [9.17, 15) is 18.0 Å². The van der Waals surface area contributed by atoms with Gasteiger partial charge in [-0.05, 0) is 29.8 Å². The highest BCUT2D eigenvalue weighted by atomic mass is 19.4. The van der Waals surface area contributed by atoms with Crippen molar-refractivity contribution in [3.8, 4) is 11.5 Å². The Morgan fingerprint density at radius 1 is 1.08 bits per heavy atom. The van der Waals surface area contributed by atoms with E-state index in [0.717, 1.165) is 5.56 Å². The molecule has 0 bridgehead atoms. The second-order valence-electron chi connectivity index (χ2n) is 6.35. The van der Waals surface area contributed by atoms with Gasteiger partial charge in [0, 0.05) is 19.6 Å². The van der Waals surface area contributed by atoms with E-state index in [1.54, 1.807) is 36.4 Å². The van der Waals surface area contributed by atoms with Gasteiger partial charge in [0.25, 0.3) is 0 Å². The standard InChI is InChI=1S/C19H18F3NO3/c20-19(21,22)17-12-23(11-16(17)18(24)25)10-13-5-4-8-15(9-13)26-14-6-2-1-3-7-14/h1-9,16-17H,10-12H2,(H,24,25). The zero-order valence-corrected chi connectivity index (χ0v) is 13.8. The topological polar surface area (TPSA) is 49.8 Å². The number of para-hydroxylation sites is 1. The Hall–Kier alpha value is -2.54. The maximum atomic E-state index is 13.1. The molecule has 1 heterocycles. The summed E-state index contributed by atoms with van der Waals surface area (Å²) >= 11 is 0. The minimum absolute atomic E-state index is 0.122. The summed E-state index contributed by atoms with van der Waals surface area (Å²) in [6, 6.07) is 16.2. The van der Waals surface area contributed by atoms with Crippen molar-refractivity contribution in [1.82, 2.24) is 4.90 Å². The molecule has 0 spiro atoms. The Labute approximate surface area is 148 Å². The third-order valence-corrected chi connectivity index (χ3v) is 4.42. The minimum Gasteiger partial charge on any atom is -0.481 e. The predicted molar refractivity (Wildman–Crippen MR) is 88.9 cm³/mol. The van der Waals surface area contributed by atoms with Crippen LogP contribution in [0.2, 0.25) is 0 Å². The second kappa shape index (κ2) is 7.37. The largest absolute Gasteiger partial charge is 0.481 e. The van der Waals surface area contributed by atoms with E-state index in [0.29, 0.717) is 11.5 Å². The van der Waals surface area contributed by atoms with Crippen molar-refractivity contribution in [3.63, 3.8) is 0 Å². The maximum Gasteiger partial charge on any atom is 0.393 e. The van der Waals surface area contributed by atoms with E-state index in [2.05, 4.69) is 0 Å². The van der Waals surface area contributed by atoms with E-state index < -0.39 is 24.0 Å². The molecule has 138 valence electrons. The summed E-state index contributed by atoms with van der Waals surface area (Å²) < 4.78 is 45.0. The molecule has 0 radical (unpaired) electrons. The lowest BCUT2D eigenvalue weighted by Gasteiger charge is -2.18. The molecule has 1 N–H and O–H groups in total. The summed E-state index contributed by atoms with van der Waals surface area (Å²) in [5, 5.41) is 9.09. The maximum absolute atomic E-state index is 13.1. The lowest BCUT2D eigenvalue weighted by atomic mass is 9.96. The first-order chi connectivity index (χ1) is 12.3. The van der Waals surface area contributed by atoms with Crippen molar-refractivity contribution in [2.24, 2.45) is 11.8 Å². The number of benzene rings is 2. The molecule has 3 rings (SSSR count). The lowest BCUT2D eigenvalue weighted by molar-refractivity contribution is -0.188. The number of carbonyl (C=O) groups is 1. The number of hydrogen-bond acceptors (Lipinski definition) is 3. The fourth-order valence-corrected chi connectivity index (χ4v) is 3.19. The van der Waals surface area contributed by atoms with Crippen LogP contribution in [0.25, 0.3) is 0 Å². The van der Waals surface area contributed by atoms with Gasteiger partial charge in [0.1, 0.15) is 11.5 Å². The summed E-state index contributed by atoms with van der Waals surface area (Å²) in [6.07, 6.45) is -4.52. The van der Waals surface area contributed by atoms with E-state index in [1.807, 2.05) is 18.2 Å². The van der Waals surface area contributed by atoms with Gasteiger partial charge in [0.05, 0.1) is 11.8 Å². The van der Waals surface area contributed by atoms with Crippen molar-refractivity contribution in [2.75, 3.05) is 13.1 Å². The summed E-state index contributed by atoms with van der Waals surface area (Å²) in [7, 11) is 0. The molecule has 1 fully saturated rings. The van der Waals surface area contributed by atoms with Gasteiger partial charge in [-0.2, -0.15) is 13.2 Å². The highest BCUT2D eigenvalue weighted by Gasteiger charge is 2.52. The normalized spacial score (nSPS) is 20.9. The van der Waals surface area contributed by atoms with Crippen molar-refractivity contribution in [3.05, 3.63) is 60.2 Å². The molecule has 1 aliphatic heterocycles. The van der Waals surface area contributed by atoms with E-state index in [-0.39, 0.29) is 19.6 Å². The number of rotatable bonds is 5. The molecule has 2 atom stereocenters. The third kappa shape index (κ3) is 4.35. The molecule has 0 aliphatic carbocycles. The smallest absolute Gasteiger partial charge is 0.393 e. The Kier molecular flexibility index (Phi) is 5.18. The fourth-order valence-electron chi connectivity index (χ4n) is 3.19. The third-order valence-electron chi connectivity index (χ3n) is 4.42. The Morgan fingerprint density at radius 3 is 2.38 bits per heavy atom. The number of alkyl halides is 3. The van der Waals surface area contributed by atoms with Gasteiger partial charge in [-0.3, -0.25) is 9.69 Å². The average molecular weight is 365 g/mol. The molecular weight excluding hydrogens is 347 g/mol. The van der Waals surface area contributed by atoms with Gasteiger partial charge in [0.2, 0.25) is 0 Å². The number of ether oxygens (including phenoxy) is 1. The number of carboxylic acids is 1. The van der Waals surface area contributed by atoms with Gasteiger partial charge >= 0.3 is 12.1 Å². The first kappa shape index (κ1) is 18.3. The molecule has 1 aliphatic rings. The van der Waals surface area contributed by atoms with Gasteiger partial charge in [-0.1, -0.05) is 30.3 Å². The van der Waals surface area contributed by atoms with Crippen LogP contribution in [0.3, 0.4) is 0 Å². The molecule has 2 unspecified atom stereocenters. The quantitative estimate of drug-likeness (QED) is 0.864. The minimum atomic E-state index is -4.52. The van der Waals surface area contributed by atoms with E-state index in [4.69, 9.17) is 9.84 Å². The summed E-state index contributed by atoms with van der Waals surface area (Å²) in [5.41, 5.74) is 0.769. The van der Waals surface area contributed by atoms with Crippen LogP contribution in [0, 0.1) is 11.8 Å². The molecule has 26 heavy (non-hydrogen) atoms. The SMILES string of the molecule is O=C(O)C1CN(Cc2cccc(Oc3ccccc3)c2)CC1C(F)(F)F. The van der Waals surface area contributed by atoms with Crippen molar-refractivity contribution in [1.29, 1.82) is 0 Å². The number of likely N-dealkylation sites (tertiary alicyclic amines) is 1.